The number of ether oxygens (including phenoxy) is 2. The third kappa shape index (κ3) is 9.57. The van der Waals surface area contributed by atoms with Gasteiger partial charge < -0.3 is 9.47 Å². The molecular weight excluding hydrogens is 216 g/mol. The standard InChI is InChI=1S/C8H10.C6H12O3/c1-7-5-3-4-6-8(7)2;1-3-8-4-5-9-6(2)7/h3-6H,1-2H3;3-5H2,1-2H3. The van der Waals surface area contributed by atoms with E-state index in [0.29, 0.717) is 19.8 Å². The third-order valence-corrected chi connectivity index (χ3v) is 2.16. The molecule has 0 aliphatic carbocycles. The van der Waals surface area contributed by atoms with Crippen molar-refractivity contribution in [3.63, 3.8) is 0 Å². The zero-order valence-corrected chi connectivity index (χ0v) is 11.2. The van der Waals surface area contributed by atoms with Crippen LogP contribution in [-0.2, 0) is 14.3 Å². The Hall–Kier alpha value is -1.35. The lowest BCUT2D eigenvalue weighted by atomic mass is 10.1. The summed E-state index contributed by atoms with van der Waals surface area (Å²) in [5.41, 5.74) is 2.74. The monoisotopic (exact) mass is 238 g/mol. The molecule has 1 aromatic rings. The van der Waals surface area contributed by atoms with Gasteiger partial charge in [-0.2, -0.15) is 0 Å². The molecule has 0 atom stereocenters. The van der Waals surface area contributed by atoms with Crippen LogP contribution in [0.1, 0.15) is 25.0 Å². The van der Waals surface area contributed by atoms with Crippen LogP contribution in [0.4, 0.5) is 0 Å². The van der Waals surface area contributed by atoms with Crippen molar-refractivity contribution in [2.75, 3.05) is 19.8 Å². The predicted molar refractivity (Wildman–Crippen MR) is 69.0 cm³/mol. The summed E-state index contributed by atoms with van der Waals surface area (Å²) in [4.78, 5) is 10.1. The molecule has 3 nitrogen and oxygen atoms in total. The number of carbonyl (C=O) groups excluding carboxylic acids is 1. The molecule has 1 aromatic carbocycles. The average Bonchev–Trinajstić information content (AvgIpc) is 2.29. The Balaban J connectivity index is 0.000000302. The summed E-state index contributed by atoms with van der Waals surface area (Å²) in [6, 6.07) is 8.36. The van der Waals surface area contributed by atoms with Crippen LogP contribution in [0.3, 0.4) is 0 Å². The molecule has 3 heteroatoms. The SMILES string of the molecule is CCOCCOC(C)=O.Cc1ccccc1C. The summed E-state index contributed by atoms with van der Waals surface area (Å²) in [7, 11) is 0. The molecule has 0 saturated carbocycles. The highest BCUT2D eigenvalue weighted by atomic mass is 16.6. The average molecular weight is 238 g/mol. The molecule has 0 bridgehead atoms. The van der Waals surface area contributed by atoms with Crippen LogP contribution in [-0.4, -0.2) is 25.8 Å². The molecule has 0 unspecified atom stereocenters. The molecule has 0 amide bonds. The van der Waals surface area contributed by atoms with E-state index < -0.39 is 0 Å². The smallest absolute Gasteiger partial charge is 0.302 e. The van der Waals surface area contributed by atoms with Crippen molar-refractivity contribution in [1.29, 1.82) is 0 Å². The first-order valence-electron chi connectivity index (χ1n) is 5.81. The van der Waals surface area contributed by atoms with Crippen molar-refractivity contribution in [2.24, 2.45) is 0 Å². The van der Waals surface area contributed by atoms with Crippen molar-refractivity contribution >= 4 is 5.97 Å². The fourth-order valence-corrected chi connectivity index (χ4v) is 1.05. The Bertz CT molecular complexity index is 300. The van der Waals surface area contributed by atoms with E-state index in [4.69, 9.17) is 4.74 Å². The van der Waals surface area contributed by atoms with Gasteiger partial charge in [-0.05, 0) is 31.9 Å². The summed E-state index contributed by atoms with van der Waals surface area (Å²) in [5.74, 6) is -0.255. The van der Waals surface area contributed by atoms with Gasteiger partial charge >= 0.3 is 5.97 Å². The zero-order valence-electron chi connectivity index (χ0n) is 11.2. The van der Waals surface area contributed by atoms with Gasteiger partial charge in [-0.3, -0.25) is 4.79 Å². The van der Waals surface area contributed by atoms with Crippen LogP contribution in [0.5, 0.6) is 0 Å². The van der Waals surface area contributed by atoms with Gasteiger partial charge in [0.1, 0.15) is 6.61 Å². The third-order valence-electron chi connectivity index (χ3n) is 2.16. The molecule has 17 heavy (non-hydrogen) atoms. The molecule has 0 saturated heterocycles. The summed E-state index contributed by atoms with van der Waals surface area (Å²) in [6.07, 6.45) is 0. The molecule has 1 rings (SSSR count). The van der Waals surface area contributed by atoms with E-state index in [1.165, 1.54) is 18.1 Å². The largest absolute Gasteiger partial charge is 0.463 e. The first-order chi connectivity index (χ1) is 8.07. The van der Waals surface area contributed by atoms with Crippen molar-refractivity contribution in [3.05, 3.63) is 35.4 Å². The second-order valence-corrected chi connectivity index (χ2v) is 3.62. The van der Waals surface area contributed by atoms with Gasteiger partial charge in [0.15, 0.2) is 0 Å². The van der Waals surface area contributed by atoms with Gasteiger partial charge in [-0.1, -0.05) is 24.3 Å². The molecule has 0 spiro atoms. The summed E-state index contributed by atoms with van der Waals surface area (Å²) < 4.78 is 9.49. The van der Waals surface area contributed by atoms with Gasteiger partial charge in [0.2, 0.25) is 0 Å². The van der Waals surface area contributed by atoms with Crippen LogP contribution < -0.4 is 0 Å². The van der Waals surface area contributed by atoms with Crippen LogP contribution in [0.25, 0.3) is 0 Å². The molecule has 0 fully saturated rings. The van der Waals surface area contributed by atoms with E-state index in [-0.39, 0.29) is 5.97 Å². The van der Waals surface area contributed by atoms with Gasteiger partial charge in [-0.25, -0.2) is 0 Å². The zero-order chi connectivity index (χ0) is 13.1. The Labute approximate surface area is 104 Å². The van der Waals surface area contributed by atoms with Crippen molar-refractivity contribution < 1.29 is 14.3 Å². The molecule has 0 aliphatic rings. The maximum Gasteiger partial charge on any atom is 0.302 e. The topological polar surface area (TPSA) is 35.5 Å². The molecule has 96 valence electrons. The lowest BCUT2D eigenvalue weighted by Gasteiger charge is -1.99. The fraction of sp³-hybridized carbons (Fsp3) is 0.500. The van der Waals surface area contributed by atoms with Crippen LogP contribution in [0, 0.1) is 13.8 Å². The van der Waals surface area contributed by atoms with Gasteiger partial charge in [0.05, 0.1) is 6.61 Å². The van der Waals surface area contributed by atoms with Crippen LogP contribution in [0.15, 0.2) is 24.3 Å². The molecule has 0 heterocycles. The normalized spacial score (nSPS) is 9.18. The van der Waals surface area contributed by atoms with Gasteiger partial charge in [-0.15, -0.1) is 0 Å². The molecule has 0 radical (unpaired) electrons. The predicted octanol–water partition coefficient (Wildman–Crippen LogP) is 2.89. The maximum absolute atomic E-state index is 10.1. The van der Waals surface area contributed by atoms with E-state index >= 15 is 0 Å². The van der Waals surface area contributed by atoms with Gasteiger partial charge in [0, 0.05) is 13.5 Å². The highest BCUT2D eigenvalue weighted by molar-refractivity contribution is 5.65. The highest BCUT2D eigenvalue weighted by Gasteiger charge is 1.89. The first kappa shape index (κ1) is 15.7. The molecular formula is C14H22O3. The molecule has 0 N–H and O–H groups in total. The van der Waals surface area contributed by atoms with E-state index in [0.717, 1.165) is 0 Å². The van der Waals surface area contributed by atoms with E-state index in [9.17, 15) is 4.79 Å². The van der Waals surface area contributed by atoms with E-state index in [1.54, 1.807) is 0 Å². The second kappa shape index (κ2) is 9.85. The Morgan fingerprint density at radius 3 is 2.00 bits per heavy atom. The van der Waals surface area contributed by atoms with E-state index in [1.807, 2.05) is 6.92 Å². The Morgan fingerprint density at radius 1 is 1.12 bits per heavy atom. The number of carbonyl (C=O) groups is 1. The van der Waals surface area contributed by atoms with Crippen molar-refractivity contribution in [3.8, 4) is 0 Å². The minimum absolute atomic E-state index is 0.255. The van der Waals surface area contributed by atoms with Crippen LogP contribution >= 0.6 is 0 Å². The maximum atomic E-state index is 10.1. The van der Waals surface area contributed by atoms with Crippen LogP contribution in [0.2, 0.25) is 0 Å². The molecule has 0 aliphatic heterocycles. The highest BCUT2D eigenvalue weighted by Crippen LogP contribution is 2.02. The Kier molecular flexibility index (Phi) is 9.06. The fourth-order valence-electron chi connectivity index (χ4n) is 1.05. The summed E-state index contributed by atoms with van der Waals surface area (Å²) in [6.45, 7) is 9.05. The lowest BCUT2D eigenvalue weighted by Crippen LogP contribution is -2.06. The number of hydrogen-bond donors (Lipinski definition) is 0. The lowest BCUT2D eigenvalue weighted by molar-refractivity contribution is -0.142. The van der Waals surface area contributed by atoms with E-state index in [2.05, 4.69) is 42.8 Å². The van der Waals surface area contributed by atoms with Gasteiger partial charge in [0.25, 0.3) is 0 Å². The van der Waals surface area contributed by atoms with Crippen molar-refractivity contribution in [2.45, 2.75) is 27.7 Å². The minimum atomic E-state index is -0.255. The van der Waals surface area contributed by atoms with Crippen molar-refractivity contribution in [1.82, 2.24) is 0 Å². The first-order valence-corrected chi connectivity index (χ1v) is 5.81. The molecule has 0 aromatic heterocycles. The number of hydrogen-bond acceptors (Lipinski definition) is 3. The summed E-state index contributed by atoms with van der Waals surface area (Å²) in [5, 5.41) is 0. The minimum Gasteiger partial charge on any atom is -0.463 e. The number of benzene rings is 1. The summed E-state index contributed by atoms with van der Waals surface area (Å²) >= 11 is 0. The quantitative estimate of drug-likeness (QED) is 0.597. The number of aryl methyl sites for hydroxylation is 2. The second-order valence-electron chi connectivity index (χ2n) is 3.62. The Morgan fingerprint density at radius 2 is 1.65 bits per heavy atom. The number of esters is 1. The number of rotatable bonds is 4.